The molecule has 0 aromatic heterocycles. The van der Waals surface area contributed by atoms with E-state index < -0.39 is 0 Å². The molecule has 0 bridgehead atoms. The molecule has 0 radical (unpaired) electrons. The van der Waals surface area contributed by atoms with Crippen LogP contribution in [0.1, 0.15) is 24.0 Å². The summed E-state index contributed by atoms with van der Waals surface area (Å²) in [5.74, 6) is 2.36. The van der Waals surface area contributed by atoms with Crippen LogP contribution in [0.4, 0.5) is 0 Å². The number of hydrogen-bond donors (Lipinski definition) is 0. The zero-order chi connectivity index (χ0) is 9.42. The summed E-state index contributed by atoms with van der Waals surface area (Å²) < 4.78 is 10.4. The van der Waals surface area contributed by atoms with Crippen molar-refractivity contribution in [3.05, 3.63) is 23.3 Å². The van der Waals surface area contributed by atoms with Crippen molar-refractivity contribution in [1.29, 1.82) is 0 Å². The Bertz CT molecular complexity index is 331. The SMILES string of the molecule is COc1cc2c(cc1OC)[C@H](C)C2. The molecule has 70 valence electrons. The van der Waals surface area contributed by atoms with Crippen LogP contribution < -0.4 is 9.47 Å². The number of fused-ring (bicyclic) bond motifs is 1. The van der Waals surface area contributed by atoms with Crippen molar-refractivity contribution in [3.8, 4) is 11.5 Å². The van der Waals surface area contributed by atoms with Gasteiger partial charge in [-0.25, -0.2) is 0 Å². The van der Waals surface area contributed by atoms with Crippen LogP contribution in [0.5, 0.6) is 11.5 Å². The molecule has 1 aliphatic rings. The van der Waals surface area contributed by atoms with E-state index in [1.165, 1.54) is 11.1 Å². The maximum absolute atomic E-state index is 5.23. The molecule has 2 heteroatoms. The van der Waals surface area contributed by atoms with Gasteiger partial charge in [0.25, 0.3) is 0 Å². The molecule has 0 unspecified atom stereocenters. The Hall–Kier alpha value is -1.18. The molecule has 0 aliphatic heterocycles. The second-order valence-electron chi connectivity index (χ2n) is 3.51. The lowest BCUT2D eigenvalue weighted by atomic mass is 9.78. The van der Waals surface area contributed by atoms with Gasteiger partial charge in [-0.15, -0.1) is 0 Å². The van der Waals surface area contributed by atoms with E-state index in [2.05, 4.69) is 19.1 Å². The zero-order valence-electron chi connectivity index (χ0n) is 8.26. The zero-order valence-corrected chi connectivity index (χ0v) is 8.26. The highest BCUT2D eigenvalue weighted by Crippen LogP contribution is 2.41. The van der Waals surface area contributed by atoms with Gasteiger partial charge in [0.2, 0.25) is 0 Å². The minimum Gasteiger partial charge on any atom is -0.493 e. The Labute approximate surface area is 78.5 Å². The number of benzene rings is 1. The maximum atomic E-state index is 5.23. The van der Waals surface area contributed by atoms with E-state index in [1.54, 1.807) is 14.2 Å². The molecule has 2 rings (SSSR count). The Morgan fingerprint density at radius 1 is 1.15 bits per heavy atom. The average molecular weight is 178 g/mol. The third-order valence-corrected chi connectivity index (χ3v) is 2.70. The molecule has 2 nitrogen and oxygen atoms in total. The van der Waals surface area contributed by atoms with E-state index in [-0.39, 0.29) is 0 Å². The second-order valence-corrected chi connectivity index (χ2v) is 3.51. The fourth-order valence-electron chi connectivity index (χ4n) is 1.88. The van der Waals surface area contributed by atoms with Gasteiger partial charge < -0.3 is 9.47 Å². The molecule has 1 atom stereocenters. The van der Waals surface area contributed by atoms with Gasteiger partial charge in [-0.1, -0.05) is 6.92 Å². The number of methoxy groups -OCH3 is 2. The summed E-state index contributed by atoms with van der Waals surface area (Å²) in [4.78, 5) is 0. The molecule has 0 saturated heterocycles. The third-order valence-electron chi connectivity index (χ3n) is 2.70. The van der Waals surface area contributed by atoms with Gasteiger partial charge in [0.15, 0.2) is 11.5 Å². The van der Waals surface area contributed by atoms with Gasteiger partial charge in [0.05, 0.1) is 14.2 Å². The fourth-order valence-corrected chi connectivity index (χ4v) is 1.88. The normalized spacial score (nSPS) is 18.8. The van der Waals surface area contributed by atoms with Crippen LogP contribution in [0.15, 0.2) is 12.1 Å². The molecule has 1 aromatic carbocycles. The smallest absolute Gasteiger partial charge is 0.161 e. The van der Waals surface area contributed by atoms with Crippen molar-refractivity contribution in [1.82, 2.24) is 0 Å². The van der Waals surface area contributed by atoms with Crippen molar-refractivity contribution in [2.45, 2.75) is 19.3 Å². The summed E-state index contributed by atoms with van der Waals surface area (Å²) >= 11 is 0. The first-order valence-corrected chi connectivity index (χ1v) is 4.51. The lowest BCUT2D eigenvalue weighted by molar-refractivity contribution is 0.352. The first-order valence-electron chi connectivity index (χ1n) is 4.51. The summed E-state index contributed by atoms with van der Waals surface area (Å²) in [6, 6.07) is 4.16. The number of hydrogen-bond acceptors (Lipinski definition) is 2. The Morgan fingerprint density at radius 2 is 1.77 bits per heavy atom. The van der Waals surface area contributed by atoms with Gasteiger partial charge >= 0.3 is 0 Å². The lowest BCUT2D eigenvalue weighted by Gasteiger charge is -2.28. The van der Waals surface area contributed by atoms with Crippen LogP contribution in [0.2, 0.25) is 0 Å². The first kappa shape index (κ1) is 8.42. The van der Waals surface area contributed by atoms with E-state index in [0.717, 1.165) is 17.9 Å². The predicted octanol–water partition coefficient (Wildman–Crippen LogP) is 2.36. The molecule has 0 saturated carbocycles. The van der Waals surface area contributed by atoms with E-state index in [1.807, 2.05) is 0 Å². The quantitative estimate of drug-likeness (QED) is 0.692. The van der Waals surface area contributed by atoms with Crippen LogP contribution in [0.3, 0.4) is 0 Å². The first-order chi connectivity index (χ1) is 6.26. The highest BCUT2D eigenvalue weighted by atomic mass is 16.5. The van der Waals surface area contributed by atoms with Crippen molar-refractivity contribution in [2.75, 3.05) is 14.2 Å². The molecule has 0 fully saturated rings. The van der Waals surface area contributed by atoms with Crippen LogP contribution in [-0.2, 0) is 6.42 Å². The standard InChI is InChI=1S/C11H14O2/c1-7-4-8-5-10(12-2)11(13-3)6-9(7)8/h5-7H,4H2,1-3H3/t7-/m1/s1. The summed E-state index contributed by atoms with van der Waals surface area (Å²) in [6.07, 6.45) is 1.16. The monoisotopic (exact) mass is 178 g/mol. The highest BCUT2D eigenvalue weighted by molar-refractivity contribution is 5.52. The minimum absolute atomic E-state index is 0.676. The highest BCUT2D eigenvalue weighted by Gasteiger charge is 2.24. The van der Waals surface area contributed by atoms with E-state index in [4.69, 9.17) is 9.47 Å². The third kappa shape index (κ3) is 1.17. The number of rotatable bonds is 2. The summed E-state index contributed by atoms with van der Waals surface area (Å²) in [7, 11) is 3.35. The van der Waals surface area contributed by atoms with Crippen LogP contribution in [0, 0.1) is 0 Å². The van der Waals surface area contributed by atoms with E-state index in [9.17, 15) is 0 Å². The van der Waals surface area contributed by atoms with Gasteiger partial charge in [0, 0.05) is 0 Å². The molecular formula is C11H14O2. The van der Waals surface area contributed by atoms with Crippen LogP contribution >= 0.6 is 0 Å². The largest absolute Gasteiger partial charge is 0.493 e. The van der Waals surface area contributed by atoms with E-state index >= 15 is 0 Å². The molecule has 0 amide bonds. The molecule has 0 heterocycles. The van der Waals surface area contributed by atoms with Crippen molar-refractivity contribution in [2.24, 2.45) is 0 Å². The predicted molar refractivity (Wildman–Crippen MR) is 51.7 cm³/mol. The average Bonchev–Trinajstić information content (AvgIpc) is 2.15. The van der Waals surface area contributed by atoms with Crippen LogP contribution in [-0.4, -0.2) is 14.2 Å². The molecule has 0 spiro atoms. The second kappa shape index (κ2) is 2.95. The van der Waals surface area contributed by atoms with Gasteiger partial charge in [-0.3, -0.25) is 0 Å². The Morgan fingerprint density at radius 3 is 2.31 bits per heavy atom. The molecule has 1 aliphatic carbocycles. The summed E-state index contributed by atoms with van der Waals surface area (Å²) in [6.45, 7) is 2.23. The number of ether oxygens (including phenoxy) is 2. The topological polar surface area (TPSA) is 18.5 Å². The van der Waals surface area contributed by atoms with E-state index in [0.29, 0.717) is 5.92 Å². The summed E-state index contributed by atoms with van der Waals surface area (Å²) in [5.41, 5.74) is 2.79. The summed E-state index contributed by atoms with van der Waals surface area (Å²) in [5, 5.41) is 0. The molecular weight excluding hydrogens is 164 g/mol. The van der Waals surface area contributed by atoms with Crippen molar-refractivity contribution in [3.63, 3.8) is 0 Å². The lowest BCUT2D eigenvalue weighted by Crippen LogP contribution is -2.14. The molecule has 0 N–H and O–H groups in total. The Balaban J connectivity index is 2.45. The molecule has 1 aromatic rings. The van der Waals surface area contributed by atoms with Gasteiger partial charge in [0.1, 0.15) is 0 Å². The fraction of sp³-hybridized carbons (Fsp3) is 0.455. The van der Waals surface area contributed by atoms with Crippen molar-refractivity contribution < 1.29 is 9.47 Å². The van der Waals surface area contributed by atoms with Gasteiger partial charge in [-0.2, -0.15) is 0 Å². The minimum atomic E-state index is 0.676. The maximum Gasteiger partial charge on any atom is 0.161 e. The Kier molecular flexibility index (Phi) is 1.91. The van der Waals surface area contributed by atoms with Crippen molar-refractivity contribution >= 4 is 0 Å². The van der Waals surface area contributed by atoms with Gasteiger partial charge in [-0.05, 0) is 35.6 Å². The van der Waals surface area contributed by atoms with Crippen LogP contribution in [0.25, 0.3) is 0 Å². The molecule has 13 heavy (non-hydrogen) atoms.